The molecule has 7 heteroatoms. The van der Waals surface area contributed by atoms with Gasteiger partial charge in [0, 0.05) is 0 Å². The summed E-state index contributed by atoms with van der Waals surface area (Å²) in [6.07, 6.45) is 3.79. The Morgan fingerprint density at radius 1 is 0.960 bits per heavy atom. The summed E-state index contributed by atoms with van der Waals surface area (Å²) in [5.41, 5.74) is 0. The summed E-state index contributed by atoms with van der Waals surface area (Å²) in [6.45, 7) is 15.3. The molecule has 1 rings (SSSR count). The summed E-state index contributed by atoms with van der Waals surface area (Å²) in [4.78, 5) is 11.1. The molecule has 0 saturated carbocycles. The first kappa shape index (κ1) is 21.7. The molecule has 0 spiro atoms. The van der Waals surface area contributed by atoms with Crippen LogP contribution in [0.3, 0.4) is 0 Å². The molecule has 0 unspecified atom stereocenters. The van der Waals surface area contributed by atoms with Gasteiger partial charge in [-0.25, -0.2) is 4.79 Å². The van der Waals surface area contributed by atoms with Crippen LogP contribution in [0.15, 0.2) is 50.6 Å². The number of rotatable bonds is 13. The van der Waals surface area contributed by atoms with E-state index in [2.05, 4.69) is 38.9 Å². The van der Waals surface area contributed by atoms with Gasteiger partial charge in [0.2, 0.25) is 4.93 Å². The van der Waals surface area contributed by atoms with Crippen molar-refractivity contribution in [2.45, 2.75) is 23.2 Å². The molecule has 1 saturated heterocycles. The highest BCUT2D eigenvalue weighted by molar-refractivity contribution is 7.81. The van der Waals surface area contributed by atoms with E-state index in [4.69, 9.17) is 23.7 Å². The second kappa shape index (κ2) is 11.3. The predicted octanol–water partition coefficient (Wildman–Crippen LogP) is 2.09. The maximum Gasteiger partial charge on any atom is 0.339 e. The minimum absolute atomic E-state index is 0.00217. The van der Waals surface area contributed by atoms with Crippen molar-refractivity contribution in [1.29, 1.82) is 0 Å². The molecule has 0 aromatic carbocycles. The Labute approximate surface area is 154 Å². The smallest absolute Gasteiger partial charge is 0.339 e. The fourth-order valence-corrected chi connectivity index (χ4v) is 2.73. The van der Waals surface area contributed by atoms with Crippen molar-refractivity contribution in [3.8, 4) is 0 Å². The van der Waals surface area contributed by atoms with Crippen molar-refractivity contribution in [3.05, 3.63) is 50.6 Å². The van der Waals surface area contributed by atoms with Gasteiger partial charge in [0.1, 0.15) is 12.2 Å². The van der Waals surface area contributed by atoms with Crippen LogP contribution < -0.4 is 0 Å². The Hall–Kier alpha value is -1.38. The maximum absolute atomic E-state index is 12.5. The minimum atomic E-state index is -1.34. The molecule has 1 aliphatic heterocycles. The topological polar surface area (TPSA) is 63.2 Å². The Morgan fingerprint density at radius 2 is 1.52 bits per heavy atom. The zero-order valence-electron chi connectivity index (χ0n) is 14.3. The van der Waals surface area contributed by atoms with E-state index in [9.17, 15) is 4.79 Å². The van der Waals surface area contributed by atoms with E-state index in [-0.39, 0.29) is 33.0 Å². The fraction of sp³-hybridized carbons (Fsp3) is 0.500. The zero-order valence-corrected chi connectivity index (χ0v) is 15.2. The summed E-state index contributed by atoms with van der Waals surface area (Å²) in [7, 11) is 0. The third kappa shape index (κ3) is 6.13. The van der Waals surface area contributed by atoms with Crippen LogP contribution in [0.2, 0.25) is 0 Å². The monoisotopic (exact) mass is 370 g/mol. The normalized spacial score (nSPS) is 28.8. The van der Waals surface area contributed by atoms with E-state index in [0.717, 1.165) is 0 Å². The number of carbonyl (C=O) groups is 1. The van der Waals surface area contributed by atoms with Gasteiger partial charge in [0.05, 0.1) is 33.0 Å². The first-order chi connectivity index (χ1) is 12.0. The van der Waals surface area contributed by atoms with Gasteiger partial charge in [-0.05, 0) is 0 Å². The number of cyclic esters (lactones) is 1. The molecule has 0 N–H and O–H groups in total. The molecule has 0 amide bonds. The Kier molecular flexibility index (Phi) is 9.77. The van der Waals surface area contributed by atoms with Gasteiger partial charge < -0.3 is 23.7 Å². The molecule has 4 atom stereocenters. The van der Waals surface area contributed by atoms with Crippen LogP contribution in [0.1, 0.15) is 0 Å². The zero-order chi connectivity index (χ0) is 18.7. The van der Waals surface area contributed by atoms with E-state index in [1.54, 1.807) is 18.2 Å². The van der Waals surface area contributed by atoms with Crippen molar-refractivity contribution in [2.75, 3.05) is 33.0 Å². The van der Waals surface area contributed by atoms with Crippen molar-refractivity contribution < 1.29 is 28.5 Å². The van der Waals surface area contributed by atoms with Gasteiger partial charge in [0.25, 0.3) is 0 Å². The van der Waals surface area contributed by atoms with Gasteiger partial charge in [-0.15, -0.1) is 38.9 Å². The molecule has 1 fully saturated rings. The second-order valence-electron chi connectivity index (χ2n) is 5.24. The number of thiol groups is 1. The molecule has 140 valence electrons. The Bertz CT molecular complexity index is 480. The standard InChI is InChI=1S/C18H26O6S/c1-5-9-20-13-18(25)16(23-12-8-4)14(21-10-6-2)15(17(19)24-18)22-11-7-3/h5-8,14-16,25H,1-4,9-13H2/t14-,15-,16+,18-/m1/s1. The molecule has 6 nitrogen and oxygen atoms in total. The lowest BCUT2D eigenvalue weighted by Gasteiger charge is -2.45. The summed E-state index contributed by atoms with van der Waals surface area (Å²) >= 11 is 4.52. The van der Waals surface area contributed by atoms with E-state index >= 15 is 0 Å². The number of hydrogen-bond acceptors (Lipinski definition) is 7. The SMILES string of the molecule is C=CCOC[C@]1(S)OC(=O)[C@H](OCC=C)[C@@H](OCC=C)[C@@H]1OCC=C. The number of hydrogen-bond donors (Lipinski definition) is 1. The average molecular weight is 370 g/mol. The van der Waals surface area contributed by atoms with Crippen LogP contribution in [-0.4, -0.2) is 62.2 Å². The molecule has 1 aliphatic rings. The van der Waals surface area contributed by atoms with Crippen LogP contribution in [0.5, 0.6) is 0 Å². The van der Waals surface area contributed by atoms with Gasteiger partial charge in [-0.2, -0.15) is 0 Å². The lowest BCUT2D eigenvalue weighted by Crippen LogP contribution is -2.64. The average Bonchev–Trinajstić information content (AvgIpc) is 2.58. The Balaban J connectivity index is 3.09. The summed E-state index contributed by atoms with van der Waals surface area (Å²) in [5.74, 6) is -0.605. The highest BCUT2D eigenvalue weighted by Gasteiger charge is 2.56. The third-order valence-electron chi connectivity index (χ3n) is 3.29. The molecule has 0 radical (unpaired) electrons. The van der Waals surface area contributed by atoms with Gasteiger partial charge >= 0.3 is 5.97 Å². The highest BCUT2D eigenvalue weighted by Crippen LogP contribution is 2.36. The molecular formula is C18H26O6S. The quantitative estimate of drug-likeness (QED) is 0.232. The van der Waals surface area contributed by atoms with Gasteiger partial charge in [0.15, 0.2) is 6.10 Å². The highest BCUT2D eigenvalue weighted by atomic mass is 32.1. The van der Waals surface area contributed by atoms with Crippen LogP contribution in [0.4, 0.5) is 0 Å². The molecule has 25 heavy (non-hydrogen) atoms. The second-order valence-corrected chi connectivity index (χ2v) is 6.00. The van der Waals surface area contributed by atoms with E-state index in [1.165, 1.54) is 6.08 Å². The van der Waals surface area contributed by atoms with Crippen LogP contribution >= 0.6 is 12.6 Å². The molecule has 0 bridgehead atoms. The molecule has 1 heterocycles. The lowest BCUT2D eigenvalue weighted by molar-refractivity contribution is -0.236. The van der Waals surface area contributed by atoms with Crippen LogP contribution in [-0.2, 0) is 28.5 Å². The van der Waals surface area contributed by atoms with Crippen molar-refractivity contribution >= 4 is 18.6 Å². The Morgan fingerprint density at radius 3 is 2.12 bits per heavy atom. The first-order valence-corrected chi connectivity index (χ1v) is 8.30. The van der Waals surface area contributed by atoms with Crippen LogP contribution in [0.25, 0.3) is 0 Å². The van der Waals surface area contributed by atoms with E-state index in [0.29, 0.717) is 0 Å². The fourth-order valence-electron chi connectivity index (χ4n) is 2.33. The number of ether oxygens (including phenoxy) is 5. The van der Waals surface area contributed by atoms with Crippen LogP contribution in [0, 0.1) is 0 Å². The van der Waals surface area contributed by atoms with Crippen molar-refractivity contribution in [2.24, 2.45) is 0 Å². The van der Waals surface area contributed by atoms with E-state index < -0.39 is 29.2 Å². The number of carbonyl (C=O) groups excluding carboxylic acids is 1. The maximum atomic E-state index is 12.5. The molecule has 0 aliphatic carbocycles. The summed E-state index contributed by atoms with van der Waals surface area (Å²) in [6, 6.07) is 0. The molecule has 0 aromatic heterocycles. The molecular weight excluding hydrogens is 344 g/mol. The summed E-state index contributed by atoms with van der Waals surface area (Å²) in [5, 5.41) is 0. The third-order valence-corrected chi connectivity index (χ3v) is 3.76. The first-order valence-electron chi connectivity index (χ1n) is 7.85. The largest absolute Gasteiger partial charge is 0.441 e. The van der Waals surface area contributed by atoms with Crippen molar-refractivity contribution in [3.63, 3.8) is 0 Å². The predicted molar refractivity (Wildman–Crippen MR) is 98.6 cm³/mol. The van der Waals surface area contributed by atoms with Crippen molar-refractivity contribution in [1.82, 2.24) is 0 Å². The van der Waals surface area contributed by atoms with E-state index in [1.807, 2.05) is 0 Å². The lowest BCUT2D eigenvalue weighted by atomic mass is 9.98. The van der Waals surface area contributed by atoms with Gasteiger partial charge in [-0.1, -0.05) is 24.3 Å². The summed E-state index contributed by atoms with van der Waals surface area (Å²) < 4.78 is 28.0. The minimum Gasteiger partial charge on any atom is -0.441 e. The molecule has 0 aromatic rings. The van der Waals surface area contributed by atoms with Gasteiger partial charge in [-0.3, -0.25) is 0 Å². The number of esters is 1.